The maximum absolute atomic E-state index is 12.5. The Labute approximate surface area is 161 Å². The molecule has 0 atom stereocenters. The van der Waals surface area contributed by atoms with Crippen LogP contribution in [-0.4, -0.2) is 47.5 Å². The number of anilines is 1. The number of carbonyl (C=O) groups excluding carboxylic acids is 1. The zero-order valence-corrected chi connectivity index (χ0v) is 16.1. The van der Waals surface area contributed by atoms with Crippen LogP contribution in [0, 0.1) is 0 Å². The Morgan fingerprint density at radius 3 is 2.69 bits per heavy atom. The molecule has 0 unspecified atom stereocenters. The molecule has 1 aliphatic rings. The third-order valence-corrected chi connectivity index (χ3v) is 6.04. The SMILES string of the molecule is CN(CC(=O)N1CCCC1)c1ncnc2cc(-c3ccc(Cl)cc3)sc12. The maximum Gasteiger partial charge on any atom is 0.242 e. The molecule has 1 aromatic carbocycles. The van der Waals surface area contributed by atoms with Gasteiger partial charge in [0, 0.05) is 30.0 Å². The Hall–Kier alpha value is -2.18. The Morgan fingerprint density at radius 2 is 1.96 bits per heavy atom. The number of hydrogen-bond donors (Lipinski definition) is 0. The van der Waals surface area contributed by atoms with Crippen molar-refractivity contribution in [2.24, 2.45) is 0 Å². The molecular formula is C19H19ClN4OS. The minimum atomic E-state index is 0.159. The van der Waals surface area contributed by atoms with E-state index in [0.717, 1.165) is 57.4 Å². The van der Waals surface area contributed by atoms with Crippen LogP contribution < -0.4 is 4.90 Å². The van der Waals surface area contributed by atoms with Crippen LogP contribution in [0.3, 0.4) is 0 Å². The second-order valence-corrected chi connectivity index (χ2v) is 7.96. The van der Waals surface area contributed by atoms with Crippen LogP contribution in [0.5, 0.6) is 0 Å². The fraction of sp³-hybridized carbons (Fsp3) is 0.316. The lowest BCUT2D eigenvalue weighted by Crippen LogP contribution is -2.37. The topological polar surface area (TPSA) is 49.3 Å². The molecule has 3 heterocycles. The van der Waals surface area contributed by atoms with E-state index in [1.807, 2.05) is 41.1 Å². The molecule has 3 aromatic rings. The number of fused-ring (bicyclic) bond motifs is 1. The fourth-order valence-electron chi connectivity index (χ4n) is 3.21. The van der Waals surface area contributed by atoms with Crippen molar-refractivity contribution >= 4 is 44.9 Å². The molecule has 1 fully saturated rings. The van der Waals surface area contributed by atoms with Crippen LogP contribution >= 0.6 is 22.9 Å². The Morgan fingerprint density at radius 1 is 1.23 bits per heavy atom. The molecule has 7 heteroatoms. The van der Waals surface area contributed by atoms with Crippen LogP contribution in [0.4, 0.5) is 5.82 Å². The van der Waals surface area contributed by atoms with Crippen molar-refractivity contribution in [3.05, 3.63) is 41.7 Å². The number of nitrogens with zero attached hydrogens (tertiary/aromatic N) is 4. The van der Waals surface area contributed by atoms with Crippen molar-refractivity contribution in [3.8, 4) is 10.4 Å². The van der Waals surface area contributed by atoms with E-state index in [4.69, 9.17) is 11.6 Å². The van der Waals surface area contributed by atoms with Gasteiger partial charge in [0.25, 0.3) is 0 Å². The van der Waals surface area contributed by atoms with Crippen molar-refractivity contribution < 1.29 is 4.79 Å². The molecule has 0 bridgehead atoms. The number of hydrogen-bond acceptors (Lipinski definition) is 5. The van der Waals surface area contributed by atoms with E-state index in [1.54, 1.807) is 17.7 Å². The van der Waals surface area contributed by atoms with E-state index < -0.39 is 0 Å². The minimum Gasteiger partial charge on any atom is -0.349 e. The van der Waals surface area contributed by atoms with Gasteiger partial charge in [0.05, 0.1) is 16.8 Å². The van der Waals surface area contributed by atoms with Gasteiger partial charge in [-0.3, -0.25) is 4.79 Å². The minimum absolute atomic E-state index is 0.159. The number of halogens is 1. The number of carbonyl (C=O) groups is 1. The summed E-state index contributed by atoms with van der Waals surface area (Å²) in [5.41, 5.74) is 1.99. The number of benzene rings is 1. The van der Waals surface area contributed by atoms with E-state index in [2.05, 4.69) is 16.0 Å². The molecule has 0 saturated carbocycles. The smallest absolute Gasteiger partial charge is 0.242 e. The Kier molecular flexibility index (Phi) is 4.78. The molecular weight excluding hydrogens is 368 g/mol. The molecule has 26 heavy (non-hydrogen) atoms. The van der Waals surface area contributed by atoms with Crippen LogP contribution in [0.1, 0.15) is 12.8 Å². The number of thiophene rings is 1. The Balaban J connectivity index is 1.62. The van der Waals surface area contributed by atoms with Gasteiger partial charge in [-0.05, 0) is 36.6 Å². The lowest BCUT2D eigenvalue weighted by molar-refractivity contribution is -0.128. The molecule has 4 rings (SSSR count). The molecule has 5 nitrogen and oxygen atoms in total. The summed E-state index contributed by atoms with van der Waals surface area (Å²) < 4.78 is 0.995. The van der Waals surface area contributed by atoms with E-state index in [9.17, 15) is 4.79 Å². The van der Waals surface area contributed by atoms with Crippen molar-refractivity contribution in [3.63, 3.8) is 0 Å². The molecule has 134 valence electrons. The summed E-state index contributed by atoms with van der Waals surface area (Å²) >= 11 is 7.62. The molecule has 1 aliphatic heterocycles. The summed E-state index contributed by atoms with van der Waals surface area (Å²) in [7, 11) is 1.91. The van der Waals surface area contributed by atoms with Gasteiger partial charge < -0.3 is 9.80 Å². The molecule has 0 aliphatic carbocycles. The second-order valence-electron chi connectivity index (χ2n) is 6.47. The number of aromatic nitrogens is 2. The Bertz CT molecular complexity index is 934. The van der Waals surface area contributed by atoms with Crippen LogP contribution in [0.15, 0.2) is 36.7 Å². The highest BCUT2D eigenvalue weighted by Crippen LogP contribution is 2.36. The lowest BCUT2D eigenvalue weighted by Gasteiger charge is -2.22. The van der Waals surface area contributed by atoms with Crippen LogP contribution in [-0.2, 0) is 4.79 Å². The summed E-state index contributed by atoms with van der Waals surface area (Å²) in [5, 5.41) is 0.718. The number of amides is 1. The van der Waals surface area contributed by atoms with Gasteiger partial charge >= 0.3 is 0 Å². The number of rotatable bonds is 4. The van der Waals surface area contributed by atoms with Crippen LogP contribution in [0.2, 0.25) is 5.02 Å². The monoisotopic (exact) mass is 386 g/mol. The van der Waals surface area contributed by atoms with E-state index in [0.29, 0.717) is 6.54 Å². The van der Waals surface area contributed by atoms with Crippen molar-refractivity contribution in [2.45, 2.75) is 12.8 Å². The first-order valence-corrected chi connectivity index (χ1v) is 9.80. The lowest BCUT2D eigenvalue weighted by atomic mass is 10.2. The van der Waals surface area contributed by atoms with Gasteiger partial charge in [-0.1, -0.05) is 23.7 Å². The number of likely N-dealkylation sites (N-methyl/N-ethyl adjacent to an activating group) is 1. The molecule has 0 radical (unpaired) electrons. The van der Waals surface area contributed by atoms with E-state index >= 15 is 0 Å². The van der Waals surface area contributed by atoms with Crippen molar-refractivity contribution in [2.75, 3.05) is 31.6 Å². The van der Waals surface area contributed by atoms with Gasteiger partial charge in [-0.2, -0.15) is 0 Å². The molecule has 0 spiro atoms. The van der Waals surface area contributed by atoms with E-state index in [1.165, 1.54) is 0 Å². The van der Waals surface area contributed by atoms with Gasteiger partial charge in [-0.15, -0.1) is 11.3 Å². The summed E-state index contributed by atoms with van der Waals surface area (Å²) in [6, 6.07) is 9.83. The summed E-state index contributed by atoms with van der Waals surface area (Å²) in [6.07, 6.45) is 3.76. The molecule has 0 N–H and O–H groups in total. The predicted octanol–water partition coefficient (Wildman–Crippen LogP) is 4.07. The van der Waals surface area contributed by atoms with Crippen LogP contribution in [0.25, 0.3) is 20.7 Å². The zero-order valence-electron chi connectivity index (χ0n) is 14.5. The van der Waals surface area contributed by atoms with Gasteiger partial charge in [-0.25, -0.2) is 9.97 Å². The number of likely N-dealkylation sites (tertiary alicyclic amines) is 1. The molecule has 1 saturated heterocycles. The highest BCUT2D eigenvalue weighted by Gasteiger charge is 2.21. The zero-order chi connectivity index (χ0) is 18.1. The highest BCUT2D eigenvalue weighted by atomic mass is 35.5. The quantitative estimate of drug-likeness (QED) is 0.678. The highest BCUT2D eigenvalue weighted by molar-refractivity contribution is 7.22. The third-order valence-electron chi connectivity index (χ3n) is 4.61. The van der Waals surface area contributed by atoms with Crippen molar-refractivity contribution in [1.82, 2.24) is 14.9 Å². The third kappa shape index (κ3) is 3.39. The average Bonchev–Trinajstić information content (AvgIpc) is 3.31. The predicted molar refractivity (Wildman–Crippen MR) is 107 cm³/mol. The second kappa shape index (κ2) is 7.21. The van der Waals surface area contributed by atoms with E-state index in [-0.39, 0.29) is 5.91 Å². The maximum atomic E-state index is 12.5. The first-order valence-electron chi connectivity index (χ1n) is 8.61. The standard InChI is InChI=1S/C19H19ClN4OS/c1-23(11-17(25)24-8-2-3-9-24)19-18-15(21-12-22-19)10-16(26-18)13-4-6-14(20)7-5-13/h4-7,10,12H,2-3,8-9,11H2,1H3. The first kappa shape index (κ1) is 17.2. The van der Waals surface area contributed by atoms with Gasteiger partial charge in [0.2, 0.25) is 5.91 Å². The van der Waals surface area contributed by atoms with Gasteiger partial charge in [0.15, 0.2) is 0 Å². The molecule has 2 aromatic heterocycles. The summed E-state index contributed by atoms with van der Waals surface area (Å²) in [6.45, 7) is 2.07. The summed E-state index contributed by atoms with van der Waals surface area (Å²) in [5.74, 6) is 0.957. The van der Waals surface area contributed by atoms with Gasteiger partial charge in [0.1, 0.15) is 12.1 Å². The summed E-state index contributed by atoms with van der Waals surface area (Å²) in [4.78, 5) is 26.3. The largest absolute Gasteiger partial charge is 0.349 e. The molecule has 1 amide bonds. The average molecular weight is 387 g/mol. The first-order chi connectivity index (χ1) is 12.6. The fourth-order valence-corrected chi connectivity index (χ4v) is 4.50. The normalized spacial score (nSPS) is 14.2. The van der Waals surface area contributed by atoms with Crippen molar-refractivity contribution in [1.29, 1.82) is 0 Å².